The number of ether oxygens (including phenoxy) is 2. The summed E-state index contributed by atoms with van der Waals surface area (Å²) in [5.74, 6) is 1.30. The van der Waals surface area contributed by atoms with Gasteiger partial charge in [0.05, 0.1) is 27.3 Å². The number of carbonyl (C=O) groups excluding carboxylic acids is 2. The van der Waals surface area contributed by atoms with Crippen LogP contribution >= 0.6 is 0 Å². The van der Waals surface area contributed by atoms with E-state index in [-0.39, 0.29) is 24.9 Å². The summed E-state index contributed by atoms with van der Waals surface area (Å²) in [4.78, 5) is 29.4. The van der Waals surface area contributed by atoms with Gasteiger partial charge in [-0.2, -0.15) is 0 Å². The van der Waals surface area contributed by atoms with Crippen molar-refractivity contribution in [3.63, 3.8) is 0 Å². The molecule has 0 saturated heterocycles. The van der Waals surface area contributed by atoms with E-state index in [0.717, 1.165) is 29.7 Å². The minimum absolute atomic E-state index is 0.0302. The SMILES string of the molecule is CCCN(CC(=O)Nc1ccccc1C)CC(=O)N1CCc2cc(OC)c(OC)cc2C1. The standard InChI is InChI=1S/C25H33N3O4/c1-5-11-27(16-24(29)26-21-9-7-6-8-18(21)2)17-25(30)28-12-10-19-13-22(31-3)23(32-4)14-20(19)15-28/h6-9,13-14H,5,10-12,15-17H2,1-4H3,(H,26,29). The van der Waals surface area contributed by atoms with E-state index in [0.29, 0.717) is 31.1 Å². The van der Waals surface area contributed by atoms with Crippen LogP contribution in [-0.4, -0.2) is 62.0 Å². The van der Waals surface area contributed by atoms with Gasteiger partial charge in [-0.15, -0.1) is 0 Å². The number of benzene rings is 2. The van der Waals surface area contributed by atoms with Gasteiger partial charge in [-0.25, -0.2) is 0 Å². The van der Waals surface area contributed by atoms with Crippen molar-refractivity contribution in [3.8, 4) is 11.5 Å². The first-order valence-electron chi connectivity index (χ1n) is 11.0. The smallest absolute Gasteiger partial charge is 0.238 e. The van der Waals surface area contributed by atoms with Crippen LogP contribution in [0.2, 0.25) is 0 Å². The maximum atomic E-state index is 13.1. The molecule has 0 bridgehead atoms. The van der Waals surface area contributed by atoms with Crippen LogP contribution in [-0.2, 0) is 22.6 Å². The summed E-state index contributed by atoms with van der Waals surface area (Å²) >= 11 is 0. The molecule has 3 rings (SSSR count). The molecule has 32 heavy (non-hydrogen) atoms. The maximum absolute atomic E-state index is 13.1. The van der Waals surface area contributed by atoms with Crippen molar-refractivity contribution in [1.82, 2.24) is 9.80 Å². The number of anilines is 1. The fourth-order valence-corrected chi connectivity index (χ4v) is 4.02. The van der Waals surface area contributed by atoms with Crippen LogP contribution in [0.25, 0.3) is 0 Å². The van der Waals surface area contributed by atoms with E-state index >= 15 is 0 Å². The van der Waals surface area contributed by atoms with Gasteiger partial charge in [0.2, 0.25) is 11.8 Å². The molecule has 0 fully saturated rings. The minimum atomic E-state index is -0.110. The molecule has 0 unspecified atom stereocenters. The molecule has 1 heterocycles. The topological polar surface area (TPSA) is 71.1 Å². The molecule has 0 aromatic heterocycles. The molecule has 0 radical (unpaired) electrons. The second kappa shape index (κ2) is 11.0. The molecule has 2 aromatic carbocycles. The number of methoxy groups -OCH3 is 2. The summed E-state index contributed by atoms with van der Waals surface area (Å²) in [5.41, 5.74) is 4.06. The normalized spacial score (nSPS) is 13.0. The van der Waals surface area contributed by atoms with Gasteiger partial charge in [-0.05, 0) is 61.2 Å². The average molecular weight is 440 g/mol. The predicted molar refractivity (Wildman–Crippen MR) is 125 cm³/mol. The molecule has 0 spiro atoms. The molecular formula is C25H33N3O4. The van der Waals surface area contributed by atoms with Crippen LogP contribution in [0.5, 0.6) is 11.5 Å². The number of nitrogens with zero attached hydrogens (tertiary/aromatic N) is 2. The Morgan fingerprint density at radius 3 is 2.41 bits per heavy atom. The van der Waals surface area contributed by atoms with Crippen LogP contribution < -0.4 is 14.8 Å². The number of nitrogens with one attached hydrogen (secondary N) is 1. The van der Waals surface area contributed by atoms with Crippen molar-refractivity contribution in [2.75, 3.05) is 45.7 Å². The summed E-state index contributed by atoms with van der Waals surface area (Å²) in [5, 5.41) is 2.96. The number of carbonyl (C=O) groups is 2. The Kier molecular flexibility index (Phi) is 8.11. The van der Waals surface area contributed by atoms with Crippen molar-refractivity contribution >= 4 is 17.5 Å². The van der Waals surface area contributed by atoms with E-state index in [1.165, 1.54) is 5.56 Å². The molecule has 1 aliphatic rings. The van der Waals surface area contributed by atoms with Gasteiger partial charge in [-0.1, -0.05) is 25.1 Å². The molecular weight excluding hydrogens is 406 g/mol. The first-order chi connectivity index (χ1) is 15.4. The van der Waals surface area contributed by atoms with E-state index in [2.05, 4.69) is 5.32 Å². The van der Waals surface area contributed by atoms with E-state index in [9.17, 15) is 9.59 Å². The average Bonchev–Trinajstić information content (AvgIpc) is 2.79. The van der Waals surface area contributed by atoms with Crippen LogP contribution in [0, 0.1) is 6.92 Å². The van der Waals surface area contributed by atoms with Gasteiger partial charge < -0.3 is 19.7 Å². The minimum Gasteiger partial charge on any atom is -0.493 e. The summed E-state index contributed by atoms with van der Waals surface area (Å²) in [6.45, 7) is 6.28. The fraction of sp³-hybridized carbons (Fsp3) is 0.440. The molecule has 0 aliphatic carbocycles. The van der Waals surface area contributed by atoms with Crippen molar-refractivity contribution < 1.29 is 19.1 Å². The second-order valence-electron chi connectivity index (χ2n) is 8.11. The Hall–Kier alpha value is -3.06. The fourth-order valence-electron chi connectivity index (χ4n) is 4.02. The largest absolute Gasteiger partial charge is 0.493 e. The first-order valence-corrected chi connectivity index (χ1v) is 11.0. The lowest BCUT2D eigenvalue weighted by Crippen LogP contribution is -2.45. The van der Waals surface area contributed by atoms with E-state index in [4.69, 9.17) is 9.47 Å². The highest BCUT2D eigenvalue weighted by atomic mass is 16.5. The highest BCUT2D eigenvalue weighted by Crippen LogP contribution is 2.33. The van der Waals surface area contributed by atoms with Crippen molar-refractivity contribution in [2.24, 2.45) is 0 Å². The van der Waals surface area contributed by atoms with Crippen LogP contribution in [0.15, 0.2) is 36.4 Å². The molecule has 2 aromatic rings. The highest BCUT2D eigenvalue weighted by Gasteiger charge is 2.24. The molecule has 7 nitrogen and oxygen atoms in total. The number of amides is 2. The van der Waals surface area contributed by atoms with Crippen LogP contribution in [0.3, 0.4) is 0 Å². The third kappa shape index (κ3) is 5.79. The predicted octanol–water partition coefficient (Wildman–Crippen LogP) is 3.25. The summed E-state index contributed by atoms with van der Waals surface area (Å²) in [6, 6.07) is 11.6. The molecule has 172 valence electrons. The summed E-state index contributed by atoms with van der Waals surface area (Å²) in [6.07, 6.45) is 1.63. The Balaban J connectivity index is 1.62. The zero-order valence-electron chi connectivity index (χ0n) is 19.4. The van der Waals surface area contributed by atoms with E-state index in [1.54, 1.807) is 14.2 Å². The number of hydrogen-bond acceptors (Lipinski definition) is 5. The zero-order chi connectivity index (χ0) is 23.1. The Morgan fingerprint density at radius 1 is 1.06 bits per heavy atom. The van der Waals surface area contributed by atoms with Crippen LogP contribution in [0.1, 0.15) is 30.0 Å². The number of hydrogen-bond donors (Lipinski definition) is 1. The number of fused-ring (bicyclic) bond motifs is 1. The number of para-hydroxylation sites is 1. The Bertz CT molecular complexity index is 960. The van der Waals surface area contributed by atoms with Gasteiger partial charge in [0.15, 0.2) is 11.5 Å². The summed E-state index contributed by atoms with van der Waals surface area (Å²) < 4.78 is 10.8. The first kappa shape index (κ1) is 23.6. The summed E-state index contributed by atoms with van der Waals surface area (Å²) in [7, 11) is 3.24. The quantitative estimate of drug-likeness (QED) is 0.650. The molecule has 7 heteroatoms. The van der Waals surface area contributed by atoms with Crippen LogP contribution in [0.4, 0.5) is 5.69 Å². The van der Waals surface area contributed by atoms with Crippen molar-refractivity contribution in [1.29, 1.82) is 0 Å². The van der Waals surface area contributed by atoms with Crippen molar-refractivity contribution in [3.05, 3.63) is 53.1 Å². The van der Waals surface area contributed by atoms with E-state index in [1.807, 2.05) is 60.0 Å². The lowest BCUT2D eigenvalue weighted by Gasteiger charge is -2.31. The van der Waals surface area contributed by atoms with Crippen molar-refractivity contribution in [2.45, 2.75) is 33.2 Å². The molecule has 0 saturated carbocycles. The Labute approximate surface area is 190 Å². The molecule has 1 N–H and O–H groups in total. The molecule has 0 atom stereocenters. The lowest BCUT2D eigenvalue weighted by atomic mass is 9.98. The highest BCUT2D eigenvalue weighted by molar-refractivity contribution is 5.93. The van der Waals surface area contributed by atoms with Gasteiger partial charge in [0, 0.05) is 18.8 Å². The zero-order valence-corrected chi connectivity index (χ0v) is 19.4. The van der Waals surface area contributed by atoms with Gasteiger partial charge >= 0.3 is 0 Å². The molecule has 2 amide bonds. The maximum Gasteiger partial charge on any atom is 0.238 e. The number of aryl methyl sites for hydroxylation is 1. The Morgan fingerprint density at radius 2 is 1.75 bits per heavy atom. The van der Waals surface area contributed by atoms with Gasteiger partial charge in [0.25, 0.3) is 0 Å². The van der Waals surface area contributed by atoms with E-state index < -0.39 is 0 Å². The third-order valence-electron chi connectivity index (χ3n) is 5.76. The third-order valence-corrected chi connectivity index (χ3v) is 5.76. The van der Waals surface area contributed by atoms with Gasteiger partial charge in [0.1, 0.15) is 0 Å². The molecule has 1 aliphatic heterocycles. The lowest BCUT2D eigenvalue weighted by molar-refractivity contribution is -0.133. The second-order valence-corrected chi connectivity index (χ2v) is 8.11. The monoisotopic (exact) mass is 439 g/mol. The van der Waals surface area contributed by atoms with Gasteiger partial charge in [-0.3, -0.25) is 14.5 Å². The number of rotatable bonds is 9.